The van der Waals surface area contributed by atoms with Crippen molar-refractivity contribution in [1.82, 2.24) is 0 Å². The molecule has 0 aromatic rings. The Labute approximate surface area is 99.5 Å². The first-order valence-electron chi connectivity index (χ1n) is 6.42. The Kier molecular flexibility index (Phi) is 5.22. The first-order valence-corrected chi connectivity index (χ1v) is 6.42. The molecular formula is C13H26O3. The summed E-state index contributed by atoms with van der Waals surface area (Å²) < 4.78 is 16.7. The highest BCUT2D eigenvalue weighted by molar-refractivity contribution is 5.01. The minimum Gasteiger partial charge on any atom is -0.382 e. The summed E-state index contributed by atoms with van der Waals surface area (Å²) in [7, 11) is 3.51. The minimum atomic E-state index is 0.00549. The normalized spacial score (nSPS) is 36.8. The third kappa shape index (κ3) is 2.76. The number of ether oxygens (including phenoxy) is 3. The topological polar surface area (TPSA) is 27.7 Å². The van der Waals surface area contributed by atoms with Gasteiger partial charge in [0.2, 0.25) is 0 Å². The van der Waals surface area contributed by atoms with Crippen molar-refractivity contribution in [1.29, 1.82) is 0 Å². The summed E-state index contributed by atoms with van der Waals surface area (Å²) in [5.41, 5.74) is 0.0110. The number of rotatable bonds is 4. The Bertz CT molecular complexity index is 179. The highest BCUT2D eigenvalue weighted by atomic mass is 16.6. The van der Waals surface area contributed by atoms with Gasteiger partial charge in [-0.1, -0.05) is 13.8 Å². The maximum atomic E-state index is 6.20. The highest BCUT2D eigenvalue weighted by Gasteiger charge is 2.52. The molecule has 3 nitrogen and oxygen atoms in total. The number of hydrogen-bond acceptors (Lipinski definition) is 3. The van der Waals surface area contributed by atoms with Crippen molar-refractivity contribution in [3.05, 3.63) is 0 Å². The van der Waals surface area contributed by atoms with Crippen LogP contribution in [0.25, 0.3) is 0 Å². The summed E-state index contributed by atoms with van der Waals surface area (Å²) in [6.45, 7) is 5.47. The molecule has 0 amide bonds. The third-order valence-corrected chi connectivity index (χ3v) is 3.55. The average Bonchev–Trinajstić information content (AvgIpc) is 2.55. The Hall–Kier alpha value is -0.120. The molecule has 0 spiro atoms. The van der Waals surface area contributed by atoms with E-state index >= 15 is 0 Å². The van der Waals surface area contributed by atoms with E-state index in [-0.39, 0.29) is 11.2 Å². The van der Waals surface area contributed by atoms with E-state index in [1.54, 1.807) is 14.2 Å². The number of hydrogen-bond donors (Lipinski definition) is 0. The Morgan fingerprint density at radius 3 is 1.69 bits per heavy atom. The van der Waals surface area contributed by atoms with E-state index in [0.717, 1.165) is 38.9 Å². The monoisotopic (exact) mass is 230 g/mol. The van der Waals surface area contributed by atoms with Gasteiger partial charge in [0.1, 0.15) is 0 Å². The van der Waals surface area contributed by atoms with Crippen molar-refractivity contribution >= 4 is 0 Å². The molecule has 1 unspecified atom stereocenters. The van der Waals surface area contributed by atoms with Crippen LogP contribution < -0.4 is 0 Å². The predicted octanol–water partition coefficient (Wildman–Crippen LogP) is 2.78. The van der Waals surface area contributed by atoms with Crippen LogP contribution >= 0.6 is 0 Å². The first-order chi connectivity index (χ1) is 7.74. The zero-order chi connectivity index (χ0) is 12.1. The smallest absolute Gasteiger partial charge is 0.0924 e. The van der Waals surface area contributed by atoms with Crippen LogP contribution in [0, 0.1) is 0 Å². The zero-order valence-corrected chi connectivity index (χ0v) is 11.2. The van der Waals surface area contributed by atoms with Gasteiger partial charge in [-0.2, -0.15) is 0 Å². The molecule has 2 fully saturated rings. The molecule has 2 aliphatic rings. The fourth-order valence-corrected chi connectivity index (χ4v) is 2.98. The van der Waals surface area contributed by atoms with Gasteiger partial charge in [-0.15, -0.1) is 0 Å². The molecular weight excluding hydrogens is 204 g/mol. The van der Waals surface area contributed by atoms with Crippen LogP contribution in [0.15, 0.2) is 0 Å². The van der Waals surface area contributed by atoms with Gasteiger partial charge in [-0.3, -0.25) is 0 Å². The lowest BCUT2D eigenvalue weighted by molar-refractivity contribution is -0.178. The molecule has 2 bridgehead atoms. The van der Waals surface area contributed by atoms with Crippen LogP contribution in [0.5, 0.6) is 0 Å². The Morgan fingerprint density at radius 1 is 0.875 bits per heavy atom. The average molecular weight is 230 g/mol. The van der Waals surface area contributed by atoms with E-state index in [9.17, 15) is 0 Å². The maximum absolute atomic E-state index is 6.20. The maximum Gasteiger partial charge on any atom is 0.0924 e. The molecule has 2 rings (SSSR count). The van der Waals surface area contributed by atoms with Gasteiger partial charge in [0.25, 0.3) is 0 Å². The number of fused-ring (bicyclic) bond motifs is 2. The Balaban J connectivity index is 0.000000606. The molecule has 0 aromatic heterocycles. The molecule has 0 aliphatic carbocycles. The van der Waals surface area contributed by atoms with Crippen molar-refractivity contribution in [2.75, 3.05) is 27.4 Å². The lowest BCUT2D eigenvalue weighted by Crippen LogP contribution is -2.45. The fourth-order valence-electron chi connectivity index (χ4n) is 2.98. The van der Waals surface area contributed by atoms with Crippen molar-refractivity contribution in [2.45, 2.75) is 57.2 Å². The zero-order valence-electron chi connectivity index (χ0n) is 11.2. The van der Waals surface area contributed by atoms with E-state index in [1.807, 2.05) is 13.8 Å². The second kappa shape index (κ2) is 5.99. The summed E-state index contributed by atoms with van der Waals surface area (Å²) in [4.78, 5) is 0. The lowest BCUT2D eigenvalue weighted by Gasteiger charge is -2.39. The van der Waals surface area contributed by atoms with Crippen LogP contribution in [0.3, 0.4) is 0 Å². The summed E-state index contributed by atoms with van der Waals surface area (Å²) in [5, 5.41) is 0. The molecule has 96 valence electrons. The molecule has 0 aromatic carbocycles. The summed E-state index contributed by atoms with van der Waals surface area (Å²) in [6.07, 6.45) is 5.79. The SMILES string of the molecule is CC.COCC12CCC[C@@](COC)(CC1)O2. The quantitative estimate of drug-likeness (QED) is 0.743. The van der Waals surface area contributed by atoms with E-state index < -0.39 is 0 Å². The van der Waals surface area contributed by atoms with Crippen molar-refractivity contribution in [3.63, 3.8) is 0 Å². The van der Waals surface area contributed by atoms with Gasteiger partial charge >= 0.3 is 0 Å². The summed E-state index contributed by atoms with van der Waals surface area (Å²) in [5.74, 6) is 0. The Morgan fingerprint density at radius 2 is 1.31 bits per heavy atom. The van der Waals surface area contributed by atoms with Crippen molar-refractivity contribution in [3.8, 4) is 0 Å². The summed E-state index contributed by atoms with van der Waals surface area (Å²) >= 11 is 0. The van der Waals surface area contributed by atoms with Gasteiger partial charge < -0.3 is 14.2 Å². The van der Waals surface area contributed by atoms with Gasteiger partial charge in [0.15, 0.2) is 0 Å². The first kappa shape index (κ1) is 13.9. The molecule has 2 heterocycles. The van der Waals surface area contributed by atoms with Gasteiger partial charge in [0.05, 0.1) is 24.4 Å². The predicted molar refractivity (Wildman–Crippen MR) is 64.7 cm³/mol. The lowest BCUT2D eigenvalue weighted by atomic mass is 9.93. The van der Waals surface area contributed by atoms with Gasteiger partial charge in [0, 0.05) is 14.2 Å². The van der Waals surface area contributed by atoms with Crippen LogP contribution in [0.4, 0.5) is 0 Å². The van der Waals surface area contributed by atoms with Gasteiger partial charge in [-0.05, 0) is 32.1 Å². The van der Waals surface area contributed by atoms with Crippen molar-refractivity contribution < 1.29 is 14.2 Å². The second-order valence-electron chi connectivity index (χ2n) is 4.69. The molecule has 2 atom stereocenters. The highest BCUT2D eigenvalue weighted by Crippen LogP contribution is 2.48. The van der Waals surface area contributed by atoms with Crippen LogP contribution in [-0.2, 0) is 14.2 Å². The van der Waals surface area contributed by atoms with E-state index in [4.69, 9.17) is 14.2 Å². The summed E-state index contributed by atoms with van der Waals surface area (Å²) in [6, 6.07) is 0. The van der Waals surface area contributed by atoms with Gasteiger partial charge in [-0.25, -0.2) is 0 Å². The largest absolute Gasteiger partial charge is 0.382 e. The van der Waals surface area contributed by atoms with E-state index in [0.29, 0.717) is 0 Å². The molecule has 0 saturated carbocycles. The number of methoxy groups -OCH3 is 2. The molecule has 3 heteroatoms. The molecule has 2 aliphatic heterocycles. The van der Waals surface area contributed by atoms with Crippen LogP contribution in [0.1, 0.15) is 46.0 Å². The molecule has 16 heavy (non-hydrogen) atoms. The van der Waals surface area contributed by atoms with E-state index in [2.05, 4.69) is 0 Å². The minimum absolute atomic E-state index is 0.00549. The van der Waals surface area contributed by atoms with Crippen LogP contribution in [-0.4, -0.2) is 38.6 Å². The fraction of sp³-hybridized carbons (Fsp3) is 1.00. The molecule has 2 saturated heterocycles. The van der Waals surface area contributed by atoms with E-state index in [1.165, 1.54) is 6.42 Å². The third-order valence-electron chi connectivity index (χ3n) is 3.55. The standard InChI is InChI=1S/C11H20O3.C2H6/c1-12-8-10-4-3-5-11(14-10,7-6-10)9-13-2;1-2/h3-9H2,1-2H3;1-2H3/t10-,11?;/m0./s1. The molecule has 0 N–H and O–H groups in total. The van der Waals surface area contributed by atoms with Crippen molar-refractivity contribution in [2.24, 2.45) is 0 Å². The second-order valence-corrected chi connectivity index (χ2v) is 4.69. The van der Waals surface area contributed by atoms with Crippen LogP contribution in [0.2, 0.25) is 0 Å². The molecule has 0 radical (unpaired) electrons.